The molecule has 0 aliphatic carbocycles. The Hall–Kier alpha value is -1.29. The summed E-state index contributed by atoms with van der Waals surface area (Å²) in [6.07, 6.45) is 0.510. The van der Waals surface area contributed by atoms with Crippen LogP contribution in [0, 0.1) is 5.82 Å². The zero-order valence-corrected chi connectivity index (χ0v) is 12.6. The van der Waals surface area contributed by atoms with E-state index in [-0.39, 0.29) is 11.4 Å². The SMILES string of the molecule is CN=C(NCCc1c(F)cccc1Cl)NC(C)(C)C. The quantitative estimate of drug-likeness (QED) is 0.662. The Labute approximate surface area is 119 Å². The minimum atomic E-state index is -0.270. The zero-order chi connectivity index (χ0) is 14.5. The van der Waals surface area contributed by atoms with E-state index in [9.17, 15) is 4.39 Å². The van der Waals surface area contributed by atoms with Crippen LogP contribution in [0.3, 0.4) is 0 Å². The fraction of sp³-hybridized carbons (Fsp3) is 0.500. The van der Waals surface area contributed by atoms with Gasteiger partial charge in [-0.15, -0.1) is 0 Å². The second-order valence-corrected chi connectivity index (χ2v) is 5.73. The highest BCUT2D eigenvalue weighted by molar-refractivity contribution is 6.31. The molecule has 1 aromatic rings. The molecular weight excluding hydrogens is 265 g/mol. The molecule has 2 N–H and O–H groups in total. The van der Waals surface area contributed by atoms with Gasteiger partial charge in [-0.3, -0.25) is 4.99 Å². The fourth-order valence-electron chi connectivity index (χ4n) is 1.61. The maximum Gasteiger partial charge on any atom is 0.191 e. The van der Waals surface area contributed by atoms with E-state index in [2.05, 4.69) is 15.6 Å². The van der Waals surface area contributed by atoms with Gasteiger partial charge in [0.15, 0.2) is 5.96 Å². The topological polar surface area (TPSA) is 36.4 Å². The maximum atomic E-state index is 13.6. The molecule has 0 heterocycles. The van der Waals surface area contributed by atoms with Gasteiger partial charge in [0.2, 0.25) is 0 Å². The van der Waals surface area contributed by atoms with Crippen LogP contribution in [0.1, 0.15) is 26.3 Å². The van der Waals surface area contributed by atoms with Crippen LogP contribution in [-0.2, 0) is 6.42 Å². The van der Waals surface area contributed by atoms with Gasteiger partial charge >= 0.3 is 0 Å². The third-order valence-electron chi connectivity index (χ3n) is 2.45. The van der Waals surface area contributed by atoms with Gasteiger partial charge in [0.05, 0.1) is 0 Å². The summed E-state index contributed by atoms with van der Waals surface area (Å²) in [5.74, 6) is 0.424. The van der Waals surface area contributed by atoms with E-state index in [0.29, 0.717) is 29.5 Å². The first-order chi connectivity index (χ1) is 8.83. The number of nitrogens with one attached hydrogen (secondary N) is 2. The summed E-state index contributed by atoms with van der Waals surface area (Å²) in [5.41, 5.74) is 0.459. The molecule has 0 saturated carbocycles. The summed E-state index contributed by atoms with van der Waals surface area (Å²) in [6, 6.07) is 4.72. The smallest absolute Gasteiger partial charge is 0.191 e. The molecule has 0 amide bonds. The molecule has 0 aliphatic rings. The van der Waals surface area contributed by atoms with Crippen LogP contribution in [0.4, 0.5) is 4.39 Å². The van der Waals surface area contributed by atoms with Gasteiger partial charge in [0, 0.05) is 29.7 Å². The van der Waals surface area contributed by atoms with Gasteiger partial charge in [-0.1, -0.05) is 17.7 Å². The van der Waals surface area contributed by atoms with Crippen molar-refractivity contribution in [3.05, 3.63) is 34.6 Å². The van der Waals surface area contributed by atoms with Crippen molar-refractivity contribution in [3.8, 4) is 0 Å². The molecule has 1 aromatic carbocycles. The van der Waals surface area contributed by atoms with Gasteiger partial charge in [-0.05, 0) is 39.3 Å². The van der Waals surface area contributed by atoms with Crippen LogP contribution >= 0.6 is 11.6 Å². The third kappa shape index (κ3) is 5.47. The first kappa shape index (κ1) is 15.8. The Bertz CT molecular complexity index is 432. The summed E-state index contributed by atoms with van der Waals surface area (Å²) in [5, 5.41) is 6.83. The van der Waals surface area contributed by atoms with E-state index in [1.54, 1.807) is 19.2 Å². The standard InChI is InChI=1S/C14H21ClFN3/c1-14(2,3)19-13(17-4)18-9-8-10-11(15)6-5-7-12(10)16/h5-7H,8-9H2,1-4H3,(H2,17,18,19). The maximum absolute atomic E-state index is 13.6. The molecule has 1 rings (SSSR count). The number of rotatable bonds is 3. The molecule has 19 heavy (non-hydrogen) atoms. The molecule has 0 atom stereocenters. The highest BCUT2D eigenvalue weighted by Gasteiger charge is 2.12. The normalized spacial score (nSPS) is 12.4. The Kier molecular flexibility index (Phi) is 5.60. The molecule has 0 unspecified atom stereocenters. The van der Waals surface area contributed by atoms with E-state index < -0.39 is 0 Å². The van der Waals surface area contributed by atoms with Crippen LogP contribution in [0.5, 0.6) is 0 Å². The van der Waals surface area contributed by atoms with Gasteiger partial charge in [0.1, 0.15) is 5.82 Å². The lowest BCUT2D eigenvalue weighted by Gasteiger charge is -2.23. The number of hydrogen-bond acceptors (Lipinski definition) is 1. The lowest BCUT2D eigenvalue weighted by Crippen LogP contribution is -2.48. The van der Waals surface area contributed by atoms with Crippen LogP contribution in [-0.4, -0.2) is 25.1 Å². The van der Waals surface area contributed by atoms with Crippen LogP contribution in [0.25, 0.3) is 0 Å². The van der Waals surface area contributed by atoms with Gasteiger partial charge in [-0.25, -0.2) is 4.39 Å². The van der Waals surface area contributed by atoms with Crippen molar-refractivity contribution in [1.82, 2.24) is 10.6 Å². The van der Waals surface area contributed by atoms with Crippen molar-refractivity contribution in [1.29, 1.82) is 0 Å². The molecule has 0 saturated heterocycles. The van der Waals surface area contributed by atoms with E-state index in [1.165, 1.54) is 6.07 Å². The summed E-state index contributed by atoms with van der Waals surface area (Å²) < 4.78 is 13.6. The molecule has 3 nitrogen and oxygen atoms in total. The molecule has 0 aromatic heterocycles. The summed E-state index contributed by atoms with van der Waals surface area (Å²) >= 11 is 5.97. The molecular formula is C14H21ClFN3. The van der Waals surface area contributed by atoms with Crippen LogP contribution < -0.4 is 10.6 Å². The summed E-state index contributed by atoms with van der Waals surface area (Å²) in [6.45, 7) is 6.71. The summed E-state index contributed by atoms with van der Waals surface area (Å²) in [7, 11) is 1.71. The number of benzene rings is 1. The molecule has 0 aliphatic heterocycles. The molecule has 5 heteroatoms. The predicted octanol–water partition coefficient (Wildman–Crippen LogP) is 2.99. The Morgan fingerprint density at radius 2 is 2.05 bits per heavy atom. The molecule has 0 radical (unpaired) electrons. The van der Waals surface area contributed by atoms with Crippen LogP contribution in [0.15, 0.2) is 23.2 Å². The van der Waals surface area contributed by atoms with Crippen molar-refractivity contribution in [3.63, 3.8) is 0 Å². The predicted molar refractivity (Wildman–Crippen MR) is 79.4 cm³/mol. The van der Waals surface area contributed by atoms with Crippen molar-refractivity contribution in [2.24, 2.45) is 4.99 Å². The number of hydrogen-bond donors (Lipinski definition) is 2. The van der Waals surface area contributed by atoms with E-state index in [1.807, 2.05) is 20.8 Å². The summed E-state index contributed by atoms with van der Waals surface area (Å²) in [4.78, 5) is 4.12. The fourth-order valence-corrected chi connectivity index (χ4v) is 1.87. The van der Waals surface area contributed by atoms with E-state index in [4.69, 9.17) is 11.6 Å². The van der Waals surface area contributed by atoms with Crippen molar-refractivity contribution < 1.29 is 4.39 Å². The van der Waals surface area contributed by atoms with Crippen molar-refractivity contribution in [2.45, 2.75) is 32.7 Å². The highest BCUT2D eigenvalue weighted by atomic mass is 35.5. The highest BCUT2D eigenvalue weighted by Crippen LogP contribution is 2.18. The molecule has 0 fully saturated rings. The lowest BCUT2D eigenvalue weighted by atomic mass is 10.1. The zero-order valence-electron chi connectivity index (χ0n) is 11.8. The number of halogens is 2. The second-order valence-electron chi connectivity index (χ2n) is 5.32. The molecule has 106 valence electrons. The Balaban J connectivity index is 2.54. The van der Waals surface area contributed by atoms with E-state index in [0.717, 1.165) is 0 Å². The number of guanidine groups is 1. The van der Waals surface area contributed by atoms with Gasteiger partial charge < -0.3 is 10.6 Å². The monoisotopic (exact) mass is 285 g/mol. The average Bonchev–Trinajstić information content (AvgIpc) is 2.30. The number of nitrogens with zero attached hydrogens (tertiary/aromatic N) is 1. The number of aliphatic imine (C=N–C) groups is 1. The minimum Gasteiger partial charge on any atom is -0.356 e. The first-order valence-corrected chi connectivity index (χ1v) is 6.63. The lowest BCUT2D eigenvalue weighted by molar-refractivity contribution is 0.501. The largest absolute Gasteiger partial charge is 0.356 e. The van der Waals surface area contributed by atoms with Crippen molar-refractivity contribution in [2.75, 3.05) is 13.6 Å². The van der Waals surface area contributed by atoms with E-state index >= 15 is 0 Å². The van der Waals surface area contributed by atoms with Gasteiger partial charge in [-0.2, -0.15) is 0 Å². The third-order valence-corrected chi connectivity index (χ3v) is 2.80. The van der Waals surface area contributed by atoms with Crippen LogP contribution in [0.2, 0.25) is 5.02 Å². The molecule has 0 bridgehead atoms. The Morgan fingerprint density at radius 1 is 1.37 bits per heavy atom. The second kappa shape index (κ2) is 6.75. The average molecular weight is 286 g/mol. The Morgan fingerprint density at radius 3 is 2.58 bits per heavy atom. The van der Waals surface area contributed by atoms with Gasteiger partial charge in [0.25, 0.3) is 0 Å². The first-order valence-electron chi connectivity index (χ1n) is 6.25. The van der Waals surface area contributed by atoms with Crippen molar-refractivity contribution >= 4 is 17.6 Å². The minimum absolute atomic E-state index is 0.0719. The molecule has 0 spiro atoms.